The maximum atomic E-state index is 12.2. The first kappa shape index (κ1) is 15.4. The van der Waals surface area contributed by atoms with Gasteiger partial charge in [-0.1, -0.05) is 49.6 Å². The molecule has 1 unspecified atom stereocenters. The van der Waals surface area contributed by atoms with Gasteiger partial charge in [0.15, 0.2) is 0 Å². The van der Waals surface area contributed by atoms with Gasteiger partial charge in [0.25, 0.3) is 0 Å². The summed E-state index contributed by atoms with van der Waals surface area (Å²) in [6, 6.07) is 8.70. The number of benzene rings is 1. The zero-order valence-corrected chi connectivity index (χ0v) is 12.2. The number of hydrogen-bond donors (Lipinski definition) is 3. The van der Waals surface area contributed by atoms with Gasteiger partial charge < -0.3 is 16.4 Å². The van der Waals surface area contributed by atoms with Gasteiger partial charge in [-0.25, -0.2) is 4.79 Å². The lowest BCUT2D eigenvalue weighted by molar-refractivity contribution is -0.122. The van der Waals surface area contributed by atoms with Crippen molar-refractivity contribution in [2.45, 2.75) is 50.6 Å². The second kappa shape index (κ2) is 7.67. The van der Waals surface area contributed by atoms with Crippen molar-refractivity contribution in [3.8, 4) is 0 Å². The van der Waals surface area contributed by atoms with Gasteiger partial charge >= 0.3 is 6.03 Å². The van der Waals surface area contributed by atoms with Crippen LogP contribution in [-0.4, -0.2) is 18.0 Å². The highest BCUT2D eigenvalue weighted by Crippen LogP contribution is 2.19. The number of nitrogens with two attached hydrogens (primary N) is 1. The van der Waals surface area contributed by atoms with Crippen LogP contribution in [0.2, 0.25) is 0 Å². The van der Waals surface area contributed by atoms with Gasteiger partial charge in [0.1, 0.15) is 0 Å². The molecule has 0 spiro atoms. The first-order chi connectivity index (χ1) is 10.1. The Hall–Kier alpha value is -2.04. The van der Waals surface area contributed by atoms with E-state index in [1.807, 2.05) is 30.3 Å². The Bertz CT molecular complexity index is 470. The fourth-order valence-electron chi connectivity index (χ4n) is 2.83. The van der Waals surface area contributed by atoms with Crippen LogP contribution in [0.15, 0.2) is 30.3 Å². The molecule has 1 fully saturated rings. The van der Waals surface area contributed by atoms with E-state index in [9.17, 15) is 9.59 Å². The Kier molecular flexibility index (Phi) is 5.60. The number of primary amides is 1. The lowest BCUT2D eigenvalue weighted by Gasteiger charge is -2.24. The van der Waals surface area contributed by atoms with Crippen molar-refractivity contribution in [2.24, 2.45) is 5.73 Å². The summed E-state index contributed by atoms with van der Waals surface area (Å²) in [7, 11) is 0. The molecule has 114 valence electrons. The van der Waals surface area contributed by atoms with Crippen LogP contribution in [0.3, 0.4) is 0 Å². The molecule has 5 heteroatoms. The van der Waals surface area contributed by atoms with E-state index < -0.39 is 6.03 Å². The largest absolute Gasteiger partial charge is 0.353 e. The molecule has 1 aliphatic rings. The third-order valence-electron chi connectivity index (χ3n) is 3.88. The lowest BCUT2D eigenvalue weighted by atomic mass is 9.95. The summed E-state index contributed by atoms with van der Waals surface area (Å²) in [6.07, 6.45) is 5.90. The standard InChI is InChI=1S/C16H23N3O2/c17-16(21)19-14(12-7-3-1-4-8-12)11-15(20)18-13-9-5-2-6-10-13/h1,3-4,7-8,13-14H,2,5-6,9-11H2,(H,18,20)(H3,17,19,21). The minimum Gasteiger partial charge on any atom is -0.353 e. The third kappa shape index (κ3) is 5.10. The molecule has 4 N–H and O–H groups in total. The SMILES string of the molecule is NC(=O)NC(CC(=O)NC1CCCCC1)c1ccccc1. The van der Waals surface area contributed by atoms with E-state index in [1.165, 1.54) is 19.3 Å². The van der Waals surface area contributed by atoms with E-state index in [1.54, 1.807) is 0 Å². The summed E-state index contributed by atoms with van der Waals surface area (Å²) in [6.45, 7) is 0. The molecule has 0 aliphatic heterocycles. The molecule has 3 amide bonds. The van der Waals surface area contributed by atoms with E-state index in [2.05, 4.69) is 10.6 Å². The number of nitrogens with one attached hydrogen (secondary N) is 2. The maximum Gasteiger partial charge on any atom is 0.312 e. The van der Waals surface area contributed by atoms with Crippen LogP contribution in [0.4, 0.5) is 4.79 Å². The molecule has 2 rings (SSSR count). The number of amides is 3. The zero-order valence-electron chi connectivity index (χ0n) is 12.2. The average molecular weight is 289 g/mol. The molecule has 0 heterocycles. The molecule has 0 saturated heterocycles. The van der Waals surface area contributed by atoms with Gasteiger partial charge in [0.2, 0.25) is 5.91 Å². The Balaban J connectivity index is 1.94. The highest BCUT2D eigenvalue weighted by molar-refractivity contribution is 5.79. The third-order valence-corrected chi connectivity index (χ3v) is 3.88. The van der Waals surface area contributed by atoms with Crippen molar-refractivity contribution in [1.29, 1.82) is 0 Å². The van der Waals surface area contributed by atoms with Gasteiger partial charge in [-0.15, -0.1) is 0 Å². The maximum absolute atomic E-state index is 12.2. The Morgan fingerprint density at radius 1 is 1.14 bits per heavy atom. The summed E-state index contributed by atoms with van der Waals surface area (Å²) in [4.78, 5) is 23.3. The minimum atomic E-state index is -0.616. The van der Waals surface area contributed by atoms with Crippen LogP contribution >= 0.6 is 0 Å². The van der Waals surface area contributed by atoms with E-state index >= 15 is 0 Å². The first-order valence-electron chi connectivity index (χ1n) is 7.55. The molecule has 1 aromatic rings. The van der Waals surface area contributed by atoms with Crippen LogP contribution in [0.25, 0.3) is 0 Å². The summed E-state index contributed by atoms with van der Waals surface area (Å²) in [5.41, 5.74) is 6.09. The summed E-state index contributed by atoms with van der Waals surface area (Å²) in [5.74, 6) is -0.0375. The highest BCUT2D eigenvalue weighted by Gasteiger charge is 2.20. The second-order valence-corrected chi connectivity index (χ2v) is 5.58. The summed E-state index contributed by atoms with van der Waals surface area (Å²) < 4.78 is 0. The van der Waals surface area contributed by atoms with Crippen LogP contribution < -0.4 is 16.4 Å². The molecule has 0 bridgehead atoms. The van der Waals surface area contributed by atoms with Gasteiger partial charge in [0.05, 0.1) is 12.5 Å². The summed E-state index contributed by atoms with van der Waals surface area (Å²) in [5, 5.41) is 5.70. The van der Waals surface area contributed by atoms with Crippen molar-refractivity contribution in [3.63, 3.8) is 0 Å². The van der Waals surface area contributed by atoms with Crippen LogP contribution in [0, 0.1) is 0 Å². The Labute approximate surface area is 125 Å². The molecule has 1 atom stereocenters. The van der Waals surface area contributed by atoms with E-state index in [0.29, 0.717) is 0 Å². The smallest absolute Gasteiger partial charge is 0.312 e. The zero-order chi connectivity index (χ0) is 15.1. The predicted octanol–water partition coefficient (Wildman–Crippen LogP) is 2.24. The van der Waals surface area contributed by atoms with Gasteiger partial charge in [0, 0.05) is 6.04 Å². The Morgan fingerprint density at radius 3 is 2.43 bits per heavy atom. The van der Waals surface area contributed by atoms with Gasteiger partial charge in [-0.2, -0.15) is 0 Å². The first-order valence-corrected chi connectivity index (χ1v) is 7.55. The molecule has 1 aromatic carbocycles. The van der Waals surface area contributed by atoms with Crippen molar-refractivity contribution in [3.05, 3.63) is 35.9 Å². The monoisotopic (exact) mass is 289 g/mol. The molecule has 21 heavy (non-hydrogen) atoms. The van der Waals surface area contributed by atoms with Crippen LogP contribution in [0.5, 0.6) is 0 Å². The normalized spacial score (nSPS) is 17.0. The summed E-state index contributed by atoms with van der Waals surface area (Å²) >= 11 is 0. The number of rotatable bonds is 5. The van der Waals surface area contributed by atoms with Crippen molar-refractivity contribution >= 4 is 11.9 Å². The van der Waals surface area contributed by atoms with Gasteiger partial charge in [-0.3, -0.25) is 4.79 Å². The molecular weight excluding hydrogens is 266 g/mol. The van der Waals surface area contributed by atoms with Gasteiger partial charge in [-0.05, 0) is 18.4 Å². The quantitative estimate of drug-likeness (QED) is 0.776. The van der Waals surface area contributed by atoms with Crippen molar-refractivity contribution in [1.82, 2.24) is 10.6 Å². The molecule has 5 nitrogen and oxygen atoms in total. The molecular formula is C16H23N3O2. The lowest BCUT2D eigenvalue weighted by Crippen LogP contribution is -2.40. The van der Waals surface area contributed by atoms with Crippen molar-refractivity contribution in [2.75, 3.05) is 0 Å². The number of carbonyl (C=O) groups is 2. The molecule has 1 aliphatic carbocycles. The fourth-order valence-corrected chi connectivity index (χ4v) is 2.83. The minimum absolute atomic E-state index is 0.0375. The van der Waals surface area contributed by atoms with E-state index in [4.69, 9.17) is 5.73 Å². The fraction of sp³-hybridized carbons (Fsp3) is 0.500. The topological polar surface area (TPSA) is 84.2 Å². The highest BCUT2D eigenvalue weighted by atomic mass is 16.2. The van der Waals surface area contributed by atoms with Crippen LogP contribution in [-0.2, 0) is 4.79 Å². The van der Waals surface area contributed by atoms with E-state index in [0.717, 1.165) is 18.4 Å². The number of urea groups is 1. The molecule has 0 aromatic heterocycles. The average Bonchev–Trinajstić information content (AvgIpc) is 2.48. The number of hydrogen-bond acceptors (Lipinski definition) is 2. The van der Waals surface area contributed by atoms with Crippen LogP contribution in [0.1, 0.15) is 50.1 Å². The van der Waals surface area contributed by atoms with E-state index in [-0.39, 0.29) is 24.4 Å². The van der Waals surface area contributed by atoms with Crippen molar-refractivity contribution < 1.29 is 9.59 Å². The molecule has 0 radical (unpaired) electrons. The molecule has 1 saturated carbocycles. The second-order valence-electron chi connectivity index (χ2n) is 5.58. The number of carbonyl (C=O) groups excluding carboxylic acids is 2. The Morgan fingerprint density at radius 2 is 1.81 bits per heavy atom. The predicted molar refractivity (Wildman–Crippen MR) is 81.5 cm³/mol.